The standard InChI is InChI=1S/C20H23N3OS/c1-13-7-8-16(18(10-13)24-4)12-22-14(2)19-15(3)23-20(25-19)17-6-5-9-21-11-17/h5-11,14,22H,12H2,1-4H3/t14-/m1/s1. The number of methoxy groups -OCH3 is 1. The molecule has 4 nitrogen and oxygen atoms in total. The lowest BCUT2D eigenvalue weighted by atomic mass is 10.1. The second-order valence-electron chi connectivity index (χ2n) is 6.13. The van der Waals surface area contributed by atoms with Crippen LogP contribution in [0, 0.1) is 13.8 Å². The van der Waals surface area contributed by atoms with Gasteiger partial charge in [-0.05, 0) is 44.5 Å². The molecule has 0 unspecified atom stereocenters. The zero-order valence-electron chi connectivity index (χ0n) is 15.0. The largest absolute Gasteiger partial charge is 0.496 e. The van der Waals surface area contributed by atoms with Crippen LogP contribution < -0.4 is 10.1 Å². The van der Waals surface area contributed by atoms with E-state index in [2.05, 4.69) is 49.3 Å². The summed E-state index contributed by atoms with van der Waals surface area (Å²) in [5.74, 6) is 0.928. The molecule has 0 bridgehead atoms. The molecule has 0 saturated carbocycles. The number of nitrogens with zero attached hydrogens (tertiary/aromatic N) is 2. The molecule has 0 aliphatic carbocycles. The number of rotatable bonds is 6. The van der Waals surface area contributed by atoms with Crippen molar-refractivity contribution in [3.05, 3.63) is 64.4 Å². The zero-order valence-corrected chi connectivity index (χ0v) is 15.9. The van der Waals surface area contributed by atoms with Gasteiger partial charge in [0.1, 0.15) is 10.8 Å². The van der Waals surface area contributed by atoms with E-state index in [-0.39, 0.29) is 6.04 Å². The number of aryl methyl sites for hydroxylation is 2. The van der Waals surface area contributed by atoms with Crippen molar-refractivity contribution < 1.29 is 4.74 Å². The summed E-state index contributed by atoms with van der Waals surface area (Å²) in [6.45, 7) is 7.07. The Morgan fingerprint density at radius 1 is 1.24 bits per heavy atom. The molecular formula is C20H23N3OS. The van der Waals surface area contributed by atoms with Gasteiger partial charge in [0.25, 0.3) is 0 Å². The number of nitrogens with one attached hydrogen (secondary N) is 1. The van der Waals surface area contributed by atoms with E-state index in [4.69, 9.17) is 9.72 Å². The molecule has 1 aromatic carbocycles. The van der Waals surface area contributed by atoms with Crippen molar-refractivity contribution >= 4 is 11.3 Å². The van der Waals surface area contributed by atoms with Crippen LogP contribution >= 0.6 is 11.3 Å². The number of benzene rings is 1. The van der Waals surface area contributed by atoms with E-state index in [0.29, 0.717) is 0 Å². The molecule has 0 spiro atoms. The molecule has 0 radical (unpaired) electrons. The second kappa shape index (κ2) is 7.76. The van der Waals surface area contributed by atoms with E-state index < -0.39 is 0 Å². The first-order valence-electron chi connectivity index (χ1n) is 8.33. The van der Waals surface area contributed by atoms with E-state index >= 15 is 0 Å². The van der Waals surface area contributed by atoms with Crippen molar-refractivity contribution in [3.63, 3.8) is 0 Å². The SMILES string of the molecule is COc1cc(C)ccc1CN[C@H](C)c1sc(-c2cccnc2)nc1C. The maximum absolute atomic E-state index is 5.49. The van der Waals surface area contributed by atoms with E-state index in [1.54, 1.807) is 24.6 Å². The fourth-order valence-corrected chi connectivity index (χ4v) is 3.86. The monoisotopic (exact) mass is 353 g/mol. The Morgan fingerprint density at radius 3 is 2.80 bits per heavy atom. The van der Waals surface area contributed by atoms with Gasteiger partial charge in [0, 0.05) is 41.0 Å². The highest BCUT2D eigenvalue weighted by Crippen LogP contribution is 2.31. The van der Waals surface area contributed by atoms with Crippen LogP contribution in [0.2, 0.25) is 0 Å². The van der Waals surface area contributed by atoms with Gasteiger partial charge in [-0.3, -0.25) is 4.98 Å². The van der Waals surface area contributed by atoms with Gasteiger partial charge < -0.3 is 10.1 Å². The Bertz CT molecular complexity index is 845. The minimum atomic E-state index is 0.217. The smallest absolute Gasteiger partial charge is 0.125 e. The lowest BCUT2D eigenvalue weighted by Gasteiger charge is -2.15. The van der Waals surface area contributed by atoms with Crippen LogP contribution in [0.1, 0.15) is 34.7 Å². The van der Waals surface area contributed by atoms with Crippen LogP contribution in [0.3, 0.4) is 0 Å². The fraction of sp³-hybridized carbons (Fsp3) is 0.300. The van der Waals surface area contributed by atoms with Crippen molar-refractivity contribution in [2.45, 2.75) is 33.4 Å². The molecule has 130 valence electrons. The lowest BCUT2D eigenvalue weighted by molar-refractivity contribution is 0.406. The molecule has 2 aromatic heterocycles. The first kappa shape index (κ1) is 17.6. The zero-order chi connectivity index (χ0) is 17.8. The predicted octanol–water partition coefficient (Wildman–Crippen LogP) is 4.68. The molecule has 1 atom stereocenters. The Hall–Kier alpha value is -2.24. The first-order chi connectivity index (χ1) is 12.1. The van der Waals surface area contributed by atoms with Crippen molar-refractivity contribution in [1.82, 2.24) is 15.3 Å². The highest BCUT2D eigenvalue weighted by molar-refractivity contribution is 7.15. The van der Waals surface area contributed by atoms with Crippen molar-refractivity contribution in [2.24, 2.45) is 0 Å². The van der Waals surface area contributed by atoms with Crippen LogP contribution in [-0.4, -0.2) is 17.1 Å². The van der Waals surface area contributed by atoms with Crippen molar-refractivity contribution in [3.8, 4) is 16.3 Å². The summed E-state index contributed by atoms with van der Waals surface area (Å²) in [5.41, 5.74) is 4.50. The predicted molar refractivity (Wildman–Crippen MR) is 103 cm³/mol. The van der Waals surface area contributed by atoms with Gasteiger partial charge in [0.05, 0.1) is 12.8 Å². The third-order valence-electron chi connectivity index (χ3n) is 4.18. The molecule has 2 heterocycles. The highest BCUT2D eigenvalue weighted by Gasteiger charge is 2.15. The van der Waals surface area contributed by atoms with Crippen LogP contribution in [0.25, 0.3) is 10.6 Å². The number of hydrogen-bond acceptors (Lipinski definition) is 5. The minimum Gasteiger partial charge on any atom is -0.496 e. The van der Waals surface area contributed by atoms with Gasteiger partial charge in [-0.15, -0.1) is 11.3 Å². The summed E-state index contributed by atoms with van der Waals surface area (Å²) in [5, 5.41) is 4.61. The van der Waals surface area contributed by atoms with Crippen LogP contribution in [0.5, 0.6) is 5.75 Å². The van der Waals surface area contributed by atoms with E-state index in [1.807, 2.05) is 18.3 Å². The molecule has 0 saturated heterocycles. The molecule has 0 amide bonds. The number of aromatic nitrogens is 2. The molecule has 3 aromatic rings. The highest BCUT2D eigenvalue weighted by atomic mass is 32.1. The summed E-state index contributed by atoms with van der Waals surface area (Å²) in [7, 11) is 1.72. The minimum absolute atomic E-state index is 0.217. The Labute approximate surface area is 152 Å². The number of thiazole rings is 1. The molecule has 0 fully saturated rings. The molecule has 0 aliphatic heterocycles. The second-order valence-corrected chi connectivity index (χ2v) is 7.16. The molecule has 5 heteroatoms. The maximum atomic E-state index is 5.49. The third-order valence-corrected chi connectivity index (χ3v) is 5.56. The number of pyridine rings is 1. The molecule has 3 rings (SSSR count). The topological polar surface area (TPSA) is 47.0 Å². The van der Waals surface area contributed by atoms with Crippen molar-refractivity contribution in [1.29, 1.82) is 0 Å². The Morgan fingerprint density at radius 2 is 2.08 bits per heavy atom. The van der Waals surface area contributed by atoms with Crippen LogP contribution in [0.15, 0.2) is 42.7 Å². The average molecular weight is 353 g/mol. The Balaban J connectivity index is 1.74. The summed E-state index contributed by atoms with van der Waals surface area (Å²) in [6, 6.07) is 10.5. The van der Waals surface area contributed by atoms with E-state index in [9.17, 15) is 0 Å². The third kappa shape index (κ3) is 4.06. The van der Waals surface area contributed by atoms with Crippen LogP contribution in [0.4, 0.5) is 0 Å². The van der Waals surface area contributed by atoms with Gasteiger partial charge in [-0.2, -0.15) is 0 Å². The van der Waals surface area contributed by atoms with E-state index in [1.165, 1.54) is 10.4 Å². The van der Waals surface area contributed by atoms with Gasteiger partial charge in [-0.25, -0.2) is 4.98 Å². The molecular weight excluding hydrogens is 330 g/mol. The number of ether oxygens (including phenoxy) is 1. The Kier molecular flexibility index (Phi) is 5.46. The van der Waals surface area contributed by atoms with Crippen LogP contribution in [-0.2, 0) is 6.54 Å². The van der Waals surface area contributed by atoms with E-state index in [0.717, 1.165) is 34.1 Å². The summed E-state index contributed by atoms with van der Waals surface area (Å²) >= 11 is 1.72. The molecule has 1 N–H and O–H groups in total. The summed E-state index contributed by atoms with van der Waals surface area (Å²) in [6.07, 6.45) is 3.64. The quantitative estimate of drug-likeness (QED) is 0.699. The maximum Gasteiger partial charge on any atom is 0.125 e. The summed E-state index contributed by atoms with van der Waals surface area (Å²) in [4.78, 5) is 10.2. The first-order valence-corrected chi connectivity index (χ1v) is 9.14. The lowest BCUT2D eigenvalue weighted by Crippen LogP contribution is -2.18. The molecule has 0 aliphatic rings. The van der Waals surface area contributed by atoms with Gasteiger partial charge in [0.2, 0.25) is 0 Å². The van der Waals surface area contributed by atoms with Gasteiger partial charge >= 0.3 is 0 Å². The van der Waals surface area contributed by atoms with Crippen molar-refractivity contribution in [2.75, 3.05) is 7.11 Å². The number of hydrogen-bond donors (Lipinski definition) is 1. The summed E-state index contributed by atoms with van der Waals surface area (Å²) < 4.78 is 5.49. The fourth-order valence-electron chi connectivity index (χ4n) is 2.78. The van der Waals surface area contributed by atoms with Gasteiger partial charge in [-0.1, -0.05) is 12.1 Å². The average Bonchev–Trinajstić information content (AvgIpc) is 3.03. The van der Waals surface area contributed by atoms with Gasteiger partial charge in [0.15, 0.2) is 0 Å². The normalized spacial score (nSPS) is 12.2. The molecule has 25 heavy (non-hydrogen) atoms.